The van der Waals surface area contributed by atoms with Crippen LogP contribution in [0.1, 0.15) is 24.0 Å². The number of hydrogen-bond donors (Lipinski definition) is 1. The average molecular weight is 244 g/mol. The molecule has 18 heavy (non-hydrogen) atoms. The molecule has 0 fully saturated rings. The molecule has 1 aromatic carbocycles. The smallest absolute Gasteiger partial charge is 0.371 e. The Morgan fingerprint density at radius 3 is 2.83 bits per heavy atom. The minimum Gasteiger partial charge on any atom is -0.490 e. The summed E-state index contributed by atoms with van der Waals surface area (Å²) in [5.74, 6) is -1.08. The lowest BCUT2D eigenvalue weighted by Gasteiger charge is -2.18. The molecule has 0 aromatic heterocycles. The van der Waals surface area contributed by atoms with Crippen molar-refractivity contribution in [2.24, 2.45) is 0 Å². The topological polar surface area (TPSA) is 46.5 Å². The molecule has 94 valence electrons. The highest BCUT2D eigenvalue weighted by Gasteiger charge is 2.13. The number of aliphatic carboxylic acids is 1. The largest absolute Gasteiger partial charge is 0.490 e. The van der Waals surface area contributed by atoms with Crippen LogP contribution >= 0.6 is 0 Å². The van der Waals surface area contributed by atoms with Crippen LogP contribution in [0.2, 0.25) is 0 Å². The Balaban J connectivity index is 2.33. The van der Waals surface area contributed by atoms with E-state index >= 15 is 0 Å². The molecule has 0 radical (unpaired) electrons. The van der Waals surface area contributed by atoms with E-state index in [1.165, 1.54) is 29.9 Å². The number of allylic oxidation sites excluding steroid dienone is 3. The van der Waals surface area contributed by atoms with Crippen molar-refractivity contribution in [2.45, 2.75) is 19.3 Å². The first kappa shape index (κ1) is 12.4. The zero-order valence-electron chi connectivity index (χ0n) is 10.3. The molecule has 0 aliphatic heterocycles. The molecule has 0 unspecified atom stereocenters. The molecule has 0 saturated carbocycles. The lowest BCUT2D eigenvalue weighted by Crippen LogP contribution is -2.03. The van der Waals surface area contributed by atoms with Gasteiger partial charge in [-0.3, -0.25) is 0 Å². The van der Waals surface area contributed by atoms with Crippen LogP contribution in [-0.2, 0) is 16.0 Å². The van der Waals surface area contributed by atoms with E-state index in [0.29, 0.717) is 0 Å². The first-order chi connectivity index (χ1) is 8.72. The second kappa shape index (κ2) is 5.54. The van der Waals surface area contributed by atoms with Crippen LogP contribution in [-0.4, -0.2) is 18.2 Å². The zero-order chi connectivity index (χ0) is 13.0. The van der Waals surface area contributed by atoms with Gasteiger partial charge in [0.1, 0.15) is 0 Å². The molecule has 0 spiro atoms. The van der Waals surface area contributed by atoms with Gasteiger partial charge in [0.25, 0.3) is 0 Å². The number of carboxylic acid groups (broad SMARTS) is 1. The Labute approximate surface area is 106 Å². The lowest BCUT2D eigenvalue weighted by atomic mass is 9.87. The molecule has 0 atom stereocenters. The molecule has 1 aliphatic carbocycles. The third kappa shape index (κ3) is 2.62. The maximum Gasteiger partial charge on any atom is 0.371 e. The number of carboxylic acids is 1. The van der Waals surface area contributed by atoms with Gasteiger partial charge < -0.3 is 9.84 Å². The van der Waals surface area contributed by atoms with E-state index < -0.39 is 5.97 Å². The molecule has 1 aromatic rings. The normalized spacial score (nSPS) is 17.4. The summed E-state index contributed by atoms with van der Waals surface area (Å²) < 4.78 is 4.81. The Morgan fingerprint density at radius 2 is 2.11 bits per heavy atom. The highest BCUT2D eigenvalue weighted by atomic mass is 16.5. The van der Waals surface area contributed by atoms with Crippen molar-refractivity contribution in [1.29, 1.82) is 0 Å². The summed E-state index contributed by atoms with van der Waals surface area (Å²) >= 11 is 0. The molecule has 0 amide bonds. The predicted molar refractivity (Wildman–Crippen MR) is 70.1 cm³/mol. The Morgan fingerprint density at radius 1 is 1.33 bits per heavy atom. The van der Waals surface area contributed by atoms with Gasteiger partial charge in [0, 0.05) is 0 Å². The van der Waals surface area contributed by atoms with Crippen molar-refractivity contribution in [2.75, 3.05) is 7.11 Å². The van der Waals surface area contributed by atoms with Crippen molar-refractivity contribution in [1.82, 2.24) is 0 Å². The van der Waals surface area contributed by atoms with Crippen LogP contribution in [0, 0.1) is 0 Å². The summed E-state index contributed by atoms with van der Waals surface area (Å²) in [5, 5.41) is 8.88. The van der Waals surface area contributed by atoms with Crippen LogP contribution in [0.5, 0.6) is 0 Å². The van der Waals surface area contributed by atoms with E-state index in [0.717, 1.165) is 19.3 Å². The van der Waals surface area contributed by atoms with Crippen molar-refractivity contribution in [3.8, 4) is 0 Å². The van der Waals surface area contributed by atoms with E-state index in [-0.39, 0.29) is 5.76 Å². The van der Waals surface area contributed by atoms with Gasteiger partial charge >= 0.3 is 5.97 Å². The van der Waals surface area contributed by atoms with Crippen LogP contribution in [0.3, 0.4) is 0 Å². The number of ether oxygens (including phenoxy) is 1. The van der Waals surface area contributed by atoms with Gasteiger partial charge in [0.05, 0.1) is 7.11 Å². The summed E-state index contributed by atoms with van der Waals surface area (Å²) in [6.07, 6.45) is 6.55. The van der Waals surface area contributed by atoms with Gasteiger partial charge in [-0.2, -0.15) is 0 Å². The minimum atomic E-state index is -1.04. The van der Waals surface area contributed by atoms with E-state index in [9.17, 15) is 4.79 Å². The highest BCUT2D eigenvalue weighted by molar-refractivity contribution is 5.85. The van der Waals surface area contributed by atoms with Crippen molar-refractivity contribution in [3.05, 3.63) is 53.3 Å². The molecule has 0 heterocycles. The zero-order valence-corrected chi connectivity index (χ0v) is 10.3. The Bertz CT molecular complexity index is 512. The first-order valence-corrected chi connectivity index (χ1v) is 5.99. The molecular weight excluding hydrogens is 228 g/mol. The van der Waals surface area contributed by atoms with Gasteiger partial charge in [0.2, 0.25) is 5.76 Å². The fourth-order valence-corrected chi connectivity index (χ4v) is 2.23. The second-order valence-corrected chi connectivity index (χ2v) is 4.24. The molecule has 0 bridgehead atoms. The third-order valence-electron chi connectivity index (χ3n) is 3.12. The molecule has 3 nitrogen and oxygen atoms in total. The number of carbonyl (C=O) groups is 1. The fourth-order valence-electron chi connectivity index (χ4n) is 2.23. The van der Waals surface area contributed by atoms with Crippen molar-refractivity contribution >= 4 is 11.5 Å². The number of benzene rings is 1. The van der Waals surface area contributed by atoms with Gasteiger partial charge in [-0.1, -0.05) is 30.3 Å². The van der Waals surface area contributed by atoms with Gasteiger partial charge in [-0.05, 0) is 42.0 Å². The summed E-state index contributed by atoms with van der Waals surface area (Å²) in [7, 11) is 1.37. The van der Waals surface area contributed by atoms with Crippen molar-refractivity contribution < 1.29 is 14.6 Å². The summed E-state index contributed by atoms with van der Waals surface area (Å²) in [4.78, 5) is 10.8. The molecule has 3 heteroatoms. The fraction of sp³-hybridized carbons (Fsp3) is 0.267. The van der Waals surface area contributed by atoms with E-state index in [2.05, 4.69) is 12.1 Å². The van der Waals surface area contributed by atoms with E-state index in [4.69, 9.17) is 9.84 Å². The quantitative estimate of drug-likeness (QED) is 0.656. The monoisotopic (exact) mass is 244 g/mol. The first-order valence-electron chi connectivity index (χ1n) is 5.99. The summed E-state index contributed by atoms with van der Waals surface area (Å²) in [6, 6.07) is 8.26. The number of fused-ring (bicyclic) bond motifs is 1. The Kier molecular flexibility index (Phi) is 3.82. The second-order valence-electron chi connectivity index (χ2n) is 4.24. The van der Waals surface area contributed by atoms with Crippen molar-refractivity contribution in [3.63, 3.8) is 0 Å². The average Bonchev–Trinajstić information content (AvgIpc) is 2.39. The number of methoxy groups -OCH3 is 1. The van der Waals surface area contributed by atoms with Gasteiger partial charge in [-0.15, -0.1) is 0 Å². The Hall–Kier alpha value is -2.03. The number of hydrogen-bond acceptors (Lipinski definition) is 2. The van der Waals surface area contributed by atoms with Crippen LogP contribution in [0.4, 0.5) is 0 Å². The molecule has 2 rings (SSSR count). The number of aryl methyl sites for hydroxylation is 1. The minimum absolute atomic E-state index is 0.0365. The van der Waals surface area contributed by atoms with E-state index in [1.807, 2.05) is 18.2 Å². The standard InChI is InChI=1S/C15H16O3/c1-18-14(15(16)17)10-9-12-7-4-6-11-5-2-3-8-13(11)12/h2-3,5,8-10H,4,6-7H2,1H3,(H,16,17)/b12-9+,14-10+. The molecule has 1 N–H and O–H groups in total. The predicted octanol–water partition coefficient (Wildman–Crippen LogP) is 3.02. The van der Waals surface area contributed by atoms with Crippen LogP contribution < -0.4 is 0 Å². The van der Waals surface area contributed by atoms with E-state index in [1.54, 1.807) is 0 Å². The van der Waals surface area contributed by atoms with Gasteiger partial charge in [0.15, 0.2) is 0 Å². The maximum atomic E-state index is 10.8. The summed E-state index contributed by atoms with van der Waals surface area (Å²) in [5.41, 5.74) is 3.73. The van der Waals surface area contributed by atoms with Gasteiger partial charge in [-0.25, -0.2) is 4.79 Å². The molecular formula is C15H16O3. The SMILES string of the molecule is CO/C(=C/C=C1\CCCc2ccccc21)C(=O)O. The molecule has 1 aliphatic rings. The third-order valence-corrected chi connectivity index (χ3v) is 3.12. The number of rotatable bonds is 3. The lowest BCUT2D eigenvalue weighted by molar-refractivity contribution is -0.136. The highest BCUT2D eigenvalue weighted by Crippen LogP contribution is 2.30. The summed E-state index contributed by atoms with van der Waals surface area (Å²) in [6.45, 7) is 0. The van der Waals surface area contributed by atoms with Crippen LogP contribution in [0.25, 0.3) is 5.57 Å². The maximum absolute atomic E-state index is 10.8. The van der Waals surface area contributed by atoms with Crippen LogP contribution in [0.15, 0.2) is 42.2 Å². The molecule has 0 saturated heterocycles.